The van der Waals surface area contributed by atoms with Crippen LogP contribution in [-0.2, 0) is 4.79 Å². The Kier molecular flexibility index (Phi) is 6.17. The van der Waals surface area contributed by atoms with Crippen LogP contribution in [0.15, 0.2) is 0 Å². The molecule has 0 spiro atoms. The number of carbonyl (C=O) groups is 1. The van der Waals surface area contributed by atoms with Crippen molar-refractivity contribution in [3.8, 4) is 0 Å². The molecule has 0 aliphatic heterocycles. The molecule has 0 aromatic heterocycles. The summed E-state index contributed by atoms with van der Waals surface area (Å²) in [7, 11) is 0. The fourth-order valence-electron chi connectivity index (χ4n) is 0.889. The molecule has 2 nitrogen and oxygen atoms in total. The van der Waals surface area contributed by atoms with Crippen molar-refractivity contribution in [3.63, 3.8) is 0 Å². The van der Waals surface area contributed by atoms with Gasteiger partial charge in [-0.05, 0) is 12.3 Å². The minimum absolute atomic E-state index is 0.108. The number of carbonyl (C=O) groups excluding carboxylic acids is 1. The van der Waals surface area contributed by atoms with Crippen LogP contribution in [0.25, 0.3) is 0 Å². The van der Waals surface area contributed by atoms with Crippen LogP contribution in [0.1, 0.15) is 33.6 Å². The first-order valence-electron chi connectivity index (χ1n) is 4.47. The predicted octanol–water partition coefficient (Wildman–Crippen LogP) is 2.17. The van der Waals surface area contributed by atoms with Crippen LogP contribution >= 0.6 is 11.6 Å². The van der Waals surface area contributed by atoms with Gasteiger partial charge < -0.3 is 5.32 Å². The average molecular weight is 192 g/mol. The third-order valence-corrected chi connectivity index (χ3v) is 2.13. The maximum absolute atomic E-state index is 11.1. The molecule has 0 radical (unpaired) electrons. The molecule has 0 rings (SSSR count). The van der Waals surface area contributed by atoms with E-state index in [1.54, 1.807) is 0 Å². The minimum Gasteiger partial charge on any atom is -0.352 e. The number of rotatable bonds is 5. The molecule has 0 aromatic carbocycles. The van der Waals surface area contributed by atoms with Gasteiger partial charge in [0.25, 0.3) is 0 Å². The molecule has 1 N–H and O–H groups in total. The first-order chi connectivity index (χ1) is 5.61. The number of hydrogen-bond acceptors (Lipinski definition) is 1. The molecule has 1 unspecified atom stereocenters. The molecule has 0 bridgehead atoms. The lowest BCUT2D eigenvalue weighted by atomic mass is 10.1. The second kappa shape index (κ2) is 6.30. The topological polar surface area (TPSA) is 29.1 Å². The molecule has 0 heterocycles. The highest BCUT2D eigenvalue weighted by atomic mass is 35.5. The zero-order valence-electron chi connectivity index (χ0n) is 8.06. The standard InChI is InChI=1S/C9H18ClNO/c1-4-5-9(12)11-8(6-10)7(2)3/h7-8H,4-6H2,1-3H3,(H,11,12). The first kappa shape index (κ1) is 11.8. The van der Waals surface area contributed by atoms with Crippen molar-refractivity contribution in [2.75, 3.05) is 5.88 Å². The Balaban J connectivity index is 3.77. The summed E-state index contributed by atoms with van der Waals surface area (Å²) in [5.41, 5.74) is 0. The number of hydrogen-bond donors (Lipinski definition) is 1. The van der Waals surface area contributed by atoms with Gasteiger partial charge in [0.15, 0.2) is 0 Å². The lowest BCUT2D eigenvalue weighted by Crippen LogP contribution is -2.39. The van der Waals surface area contributed by atoms with E-state index in [-0.39, 0.29) is 11.9 Å². The van der Waals surface area contributed by atoms with Gasteiger partial charge in [-0.15, -0.1) is 11.6 Å². The smallest absolute Gasteiger partial charge is 0.220 e. The number of amides is 1. The van der Waals surface area contributed by atoms with Gasteiger partial charge in [0.05, 0.1) is 0 Å². The zero-order valence-corrected chi connectivity index (χ0v) is 8.82. The van der Waals surface area contributed by atoms with E-state index in [9.17, 15) is 4.79 Å². The van der Waals surface area contributed by atoms with Crippen LogP contribution in [0, 0.1) is 5.92 Å². The molecule has 1 amide bonds. The summed E-state index contributed by atoms with van der Waals surface area (Å²) >= 11 is 5.69. The third kappa shape index (κ3) is 4.60. The summed E-state index contributed by atoms with van der Waals surface area (Å²) in [5.74, 6) is 1.01. The number of alkyl halides is 1. The molecule has 72 valence electrons. The lowest BCUT2D eigenvalue weighted by Gasteiger charge is -2.19. The summed E-state index contributed by atoms with van der Waals surface area (Å²) in [6, 6.07) is 0.116. The molecule has 0 aromatic rings. The van der Waals surface area contributed by atoms with Crippen LogP contribution in [0.4, 0.5) is 0 Å². The Hall–Kier alpha value is -0.240. The average Bonchev–Trinajstić information content (AvgIpc) is 2.00. The SMILES string of the molecule is CCCC(=O)NC(CCl)C(C)C. The Morgan fingerprint density at radius 3 is 2.42 bits per heavy atom. The highest BCUT2D eigenvalue weighted by Crippen LogP contribution is 2.03. The van der Waals surface area contributed by atoms with Crippen LogP contribution in [0.3, 0.4) is 0 Å². The van der Waals surface area contributed by atoms with Crippen molar-refractivity contribution in [2.45, 2.75) is 39.7 Å². The monoisotopic (exact) mass is 191 g/mol. The fourth-order valence-corrected chi connectivity index (χ4v) is 1.32. The fraction of sp³-hybridized carbons (Fsp3) is 0.889. The van der Waals surface area contributed by atoms with Gasteiger partial charge in [0, 0.05) is 18.3 Å². The van der Waals surface area contributed by atoms with E-state index >= 15 is 0 Å². The van der Waals surface area contributed by atoms with Crippen LogP contribution in [0.5, 0.6) is 0 Å². The van der Waals surface area contributed by atoms with Crippen molar-refractivity contribution < 1.29 is 4.79 Å². The van der Waals surface area contributed by atoms with Crippen molar-refractivity contribution in [1.29, 1.82) is 0 Å². The van der Waals surface area contributed by atoms with E-state index in [0.29, 0.717) is 18.2 Å². The van der Waals surface area contributed by atoms with Crippen LogP contribution in [-0.4, -0.2) is 17.8 Å². The van der Waals surface area contributed by atoms with E-state index in [4.69, 9.17) is 11.6 Å². The molecule has 0 fully saturated rings. The molecule has 0 saturated carbocycles. The second-order valence-electron chi connectivity index (χ2n) is 3.32. The van der Waals surface area contributed by atoms with Gasteiger partial charge in [-0.1, -0.05) is 20.8 Å². The number of halogens is 1. The summed E-state index contributed by atoms with van der Waals surface area (Å²) < 4.78 is 0. The molecular weight excluding hydrogens is 174 g/mol. The molecule has 3 heteroatoms. The molecule has 12 heavy (non-hydrogen) atoms. The maximum Gasteiger partial charge on any atom is 0.220 e. The van der Waals surface area contributed by atoms with E-state index < -0.39 is 0 Å². The van der Waals surface area contributed by atoms with Gasteiger partial charge in [-0.2, -0.15) is 0 Å². The van der Waals surface area contributed by atoms with Gasteiger partial charge in [0.1, 0.15) is 0 Å². The Morgan fingerprint density at radius 1 is 1.50 bits per heavy atom. The molecular formula is C9H18ClNO. The van der Waals surface area contributed by atoms with Crippen molar-refractivity contribution >= 4 is 17.5 Å². The summed E-state index contributed by atoms with van der Waals surface area (Å²) in [6.07, 6.45) is 1.49. The van der Waals surface area contributed by atoms with Gasteiger partial charge in [-0.3, -0.25) is 4.79 Å². The van der Waals surface area contributed by atoms with E-state index in [2.05, 4.69) is 19.2 Å². The Morgan fingerprint density at radius 2 is 2.08 bits per heavy atom. The molecule has 0 saturated heterocycles. The van der Waals surface area contributed by atoms with Gasteiger partial charge >= 0.3 is 0 Å². The highest BCUT2D eigenvalue weighted by molar-refractivity contribution is 6.18. The van der Waals surface area contributed by atoms with Crippen molar-refractivity contribution in [3.05, 3.63) is 0 Å². The minimum atomic E-state index is 0.108. The largest absolute Gasteiger partial charge is 0.352 e. The zero-order chi connectivity index (χ0) is 9.56. The van der Waals surface area contributed by atoms with Crippen LogP contribution < -0.4 is 5.32 Å². The molecule has 0 aliphatic carbocycles. The van der Waals surface area contributed by atoms with E-state index in [1.165, 1.54) is 0 Å². The predicted molar refractivity (Wildman–Crippen MR) is 52.4 cm³/mol. The summed E-state index contributed by atoms with van der Waals surface area (Å²) in [4.78, 5) is 11.1. The summed E-state index contributed by atoms with van der Waals surface area (Å²) in [6.45, 7) is 6.10. The quantitative estimate of drug-likeness (QED) is 0.664. The molecule has 0 aliphatic rings. The van der Waals surface area contributed by atoms with Crippen molar-refractivity contribution in [1.82, 2.24) is 5.32 Å². The number of nitrogens with one attached hydrogen (secondary N) is 1. The maximum atomic E-state index is 11.1. The Labute approximate surface area is 79.7 Å². The van der Waals surface area contributed by atoms with Crippen molar-refractivity contribution in [2.24, 2.45) is 5.92 Å². The van der Waals surface area contributed by atoms with E-state index in [1.807, 2.05) is 6.92 Å². The summed E-state index contributed by atoms with van der Waals surface area (Å²) in [5, 5.41) is 2.90. The van der Waals surface area contributed by atoms with E-state index in [0.717, 1.165) is 6.42 Å². The third-order valence-electron chi connectivity index (χ3n) is 1.79. The normalized spacial score (nSPS) is 13.1. The second-order valence-corrected chi connectivity index (χ2v) is 3.63. The lowest BCUT2D eigenvalue weighted by molar-refractivity contribution is -0.121. The first-order valence-corrected chi connectivity index (χ1v) is 5.00. The van der Waals surface area contributed by atoms with Gasteiger partial charge in [-0.25, -0.2) is 0 Å². The molecule has 1 atom stereocenters. The van der Waals surface area contributed by atoms with Crippen LogP contribution in [0.2, 0.25) is 0 Å². The van der Waals surface area contributed by atoms with Gasteiger partial charge in [0.2, 0.25) is 5.91 Å². The Bertz CT molecular complexity index is 136. The highest BCUT2D eigenvalue weighted by Gasteiger charge is 2.13.